The van der Waals surface area contributed by atoms with Gasteiger partial charge in [-0.3, -0.25) is 15.0 Å². The summed E-state index contributed by atoms with van der Waals surface area (Å²) in [6.07, 6.45) is 15.9. The molecule has 3 aliphatic rings. The highest BCUT2D eigenvalue weighted by molar-refractivity contribution is 6.08. The fourth-order valence-corrected chi connectivity index (χ4v) is 12.5. The van der Waals surface area contributed by atoms with Gasteiger partial charge in [0.1, 0.15) is 5.58 Å². The van der Waals surface area contributed by atoms with E-state index in [0.717, 1.165) is 99.8 Å². The van der Waals surface area contributed by atoms with Gasteiger partial charge in [0.05, 0.1) is 17.1 Å². The second-order valence-electron chi connectivity index (χ2n) is 21.4. The zero-order valence-corrected chi connectivity index (χ0v) is 41.8. The number of fused-ring (bicyclic) bond motifs is 3. The molecule has 0 N–H and O–H groups in total. The molecule has 4 aromatic carbocycles. The van der Waals surface area contributed by atoms with Crippen molar-refractivity contribution in [3.8, 4) is 44.9 Å². The molecule has 5 heterocycles. The molecular weight excluding hydrogens is 889 g/mol. The fourth-order valence-electron chi connectivity index (χ4n) is 12.5. The Morgan fingerprint density at radius 3 is 1.89 bits per heavy atom. The lowest BCUT2D eigenvalue weighted by atomic mass is 9.62. The van der Waals surface area contributed by atoms with Gasteiger partial charge in [-0.15, -0.1) is 0 Å². The van der Waals surface area contributed by atoms with Gasteiger partial charge >= 0.3 is 0 Å². The second-order valence-corrected chi connectivity index (χ2v) is 21.4. The number of aryl methyl sites for hydroxylation is 4. The van der Waals surface area contributed by atoms with Gasteiger partial charge in [0, 0.05) is 62.7 Å². The Bertz CT molecular complexity index is 3630. The van der Waals surface area contributed by atoms with E-state index in [1.54, 1.807) is 18.5 Å². The molecule has 12 rings (SSSR count). The van der Waals surface area contributed by atoms with Crippen LogP contribution in [-0.4, -0.2) is 19.9 Å². The minimum Gasteiger partial charge on any atom is -0.437 e. The molecule has 73 heavy (non-hydrogen) atoms. The number of benzene rings is 4. The standard InChI is InChI=1S/C68H70N4O/c1-47-18-31-60-59-16-11-17-61(66(59)73-67(60)72-47)65-43-62(55-29-27-53(28-30-55)54-34-38-68(39-35-54)36-9-4-10-37-68)58(46-71-65)26-23-52-41-50(21-19-48-24-32-63(69-44-48)56-12-5-2-6-13-56)40-51(42-52)22-20-49-25-33-64(70-45-49)57-14-7-3-8-15-57/h2-3,5-8,11-18,24-25,27-33,43-46,50-52,54H,4,9-10,19-23,26,34-42H2,1H3/i1D3,21D2,23D2,54D. The van der Waals surface area contributed by atoms with Crippen LogP contribution in [0.1, 0.15) is 141 Å². The van der Waals surface area contributed by atoms with Gasteiger partial charge in [0.15, 0.2) is 0 Å². The smallest absolute Gasteiger partial charge is 0.227 e. The van der Waals surface area contributed by atoms with E-state index in [0.29, 0.717) is 46.9 Å². The molecular formula is C68H70N4O. The minimum absolute atomic E-state index is 0.0433. The fraction of sp³-hybridized carbons (Fsp3) is 0.353. The average molecular weight is 967 g/mol. The summed E-state index contributed by atoms with van der Waals surface area (Å²) >= 11 is 0. The first-order chi connectivity index (χ1) is 39.0. The molecule has 0 saturated heterocycles. The number of hydrogen-bond donors (Lipinski definition) is 0. The van der Waals surface area contributed by atoms with Crippen LogP contribution in [0.2, 0.25) is 0 Å². The monoisotopic (exact) mass is 967 g/mol. The van der Waals surface area contributed by atoms with Gasteiger partial charge in [0.2, 0.25) is 5.71 Å². The number of nitrogens with zero attached hydrogens (tertiary/aromatic N) is 4. The average Bonchev–Trinajstić information content (AvgIpc) is 4.04. The van der Waals surface area contributed by atoms with E-state index < -0.39 is 37.3 Å². The Kier molecular flexibility index (Phi) is 11.4. The molecule has 368 valence electrons. The molecule has 3 aliphatic carbocycles. The predicted octanol–water partition coefficient (Wildman–Crippen LogP) is 18.0. The zero-order chi connectivity index (χ0) is 56.0. The second kappa shape index (κ2) is 21.4. The first-order valence-corrected chi connectivity index (χ1v) is 26.9. The summed E-state index contributed by atoms with van der Waals surface area (Å²) in [5, 5.41) is 1.48. The molecule has 3 saturated carbocycles. The first-order valence-electron chi connectivity index (χ1n) is 30.9. The van der Waals surface area contributed by atoms with Crippen molar-refractivity contribution in [3.05, 3.63) is 192 Å². The molecule has 5 nitrogen and oxygen atoms in total. The summed E-state index contributed by atoms with van der Waals surface area (Å²) < 4.78 is 80.0. The van der Waals surface area contributed by atoms with E-state index in [9.17, 15) is 6.85 Å². The van der Waals surface area contributed by atoms with Crippen LogP contribution in [0.4, 0.5) is 0 Å². The molecule has 9 aromatic rings. The topological polar surface area (TPSA) is 64.7 Å². The molecule has 3 fully saturated rings. The largest absolute Gasteiger partial charge is 0.437 e. The number of aromatic nitrogens is 4. The molecule has 3 unspecified atom stereocenters. The van der Waals surface area contributed by atoms with Crippen molar-refractivity contribution in [1.29, 1.82) is 0 Å². The van der Waals surface area contributed by atoms with E-state index >= 15 is 0 Å². The highest BCUT2D eigenvalue weighted by atomic mass is 16.3. The maximum atomic E-state index is 10.2. The summed E-state index contributed by atoms with van der Waals surface area (Å²) in [5.41, 5.74) is 11.6. The third kappa shape index (κ3) is 10.7. The number of hydrogen-bond acceptors (Lipinski definition) is 5. The van der Waals surface area contributed by atoms with Crippen LogP contribution in [0, 0.1) is 30.0 Å². The lowest BCUT2D eigenvalue weighted by Crippen LogP contribution is -2.29. The molecule has 5 heteroatoms. The molecule has 0 bridgehead atoms. The third-order valence-electron chi connectivity index (χ3n) is 16.7. The van der Waals surface area contributed by atoms with E-state index in [4.69, 9.17) is 23.5 Å². The van der Waals surface area contributed by atoms with E-state index in [2.05, 4.69) is 53.5 Å². The number of rotatable bonds is 14. The van der Waals surface area contributed by atoms with Crippen molar-refractivity contribution in [1.82, 2.24) is 19.9 Å². The Hall–Kier alpha value is -6.72. The first kappa shape index (κ1) is 38.8. The van der Waals surface area contributed by atoms with Gasteiger partial charge in [-0.05, 0) is 202 Å². The summed E-state index contributed by atoms with van der Waals surface area (Å²) in [7, 11) is 0. The minimum atomic E-state index is -2.40. The van der Waals surface area contributed by atoms with Crippen molar-refractivity contribution >= 4 is 22.1 Å². The van der Waals surface area contributed by atoms with E-state index in [1.807, 2.05) is 91.1 Å². The van der Waals surface area contributed by atoms with Gasteiger partial charge in [-0.1, -0.05) is 128 Å². The van der Waals surface area contributed by atoms with Crippen LogP contribution in [-0.2, 0) is 19.3 Å². The lowest BCUT2D eigenvalue weighted by Gasteiger charge is -2.43. The Labute approximate surface area is 444 Å². The molecule has 1 spiro atoms. The zero-order valence-electron chi connectivity index (χ0n) is 49.8. The predicted molar refractivity (Wildman–Crippen MR) is 300 cm³/mol. The Balaban J connectivity index is 0.867. The third-order valence-corrected chi connectivity index (χ3v) is 16.7. The normalized spacial score (nSPS) is 21.8. The van der Waals surface area contributed by atoms with Crippen LogP contribution >= 0.6 is 0 Å². The van der Waals surface area contributed by atoms with Crippen molar-refractivity contribution in [2.24, 2.45) is 23.2 Å². The number of pyridine rings is 4. The number of para-hydroxylation sites is 1. The van der Waals surface area contributed by atoms with Crippen molar-refractivity contribution in [2.75, 3.05) is 0 Å². The molecule has 5 aromatic heterocycles. The van der Waals surface area contributed by atoms with Crippen LogP contribution in [0.5, 0.6) is 0 Å². The van der Waals surface area contributed by atoms with Crippen molar-refractivity contribution in [3.63, 3.8) is 0 Å². The lowest BCUT2D eigenvalue weighted by molar-refractivity contribution is 0.114. The van der Waals surface area contributed by atoms with Crippen LogP contribution in [0.15, 0.2) is 169 Å². The molecule has 0 aliphatic heterocycles. The van der Waals surface area contributed by atoms with Crippen molar-refractivity contribution < 1.29 is 15.4 Å². The highest BCUT2D eigenvalue weighted by Gasteiger charge is 2.36. The maximum Gasteiger partial charge on any atom is 0.227 e. The Morgan fingerprint density at radius 1 is 0.562 bits per heavy atom. The van der Waals surface area contributed by atoms with Gasteiger partial charge in [-0.25, -0.2) is 4.98 Å². The molecule has 3 atom stereocenters. The van der Waals surface area contributed by atoms with Gasteiger partial charge in [0.25, 0.3) is 0 Å². The quantitative estimate of drug-likeness (QED) is 0.109. The summed E-state index contributed by atoms with van der Waals surface area (Å²) in [4.78, 5) is 19.1. The SMILES string of the molecule is [2H]C([2H])([2H])c1ccc2c(n1)oc1c(-c3cc(-c4ccc(C5([2H])CCC6(CCCCC6)CC5)cc4)c(CC([2H])([2H])C4CC(CCc5ccc(-c6ccccc6)nc5)CC(C([2H])([2H])Cc5ccc(-c6ccccc6)nc5)C4)cn3)cccc12. The van der Waals surface area contributed by atoms with Crippen LogP contribution < -0.4 is 0 Å². The van der Waals surface area contributed by atoms with Crippen LogP contribution in [0.3, 0.4) is 0 Å². The summed E-state index contributed by atoms with van der Waals surface area (Å²) in [5.74, 6) is -1.46. The summed E-state index contributed by atoms with van der Waals surface area (Å²) in [6, 6.07) is 47.8. The van der Waals surface area contributed by atoms with E-state index in [-0.39, 0.29) is 30.2 Å². The Morgan fingerprint density at radius 2 is 1.22 bits per heavy atom. The summed E-state index contributed by atoms with van der Waals surface area (Å²) in [6.45, 7) is -2.40. The highest BCUT2D eigenvalue weighted by Crippen LogP contribution is 2.51. The van der Waals surface area contributed by atoms with Gasteiger partial charge in [-0.2, -0.15) is 0 Å². The number of furan rings is 1. The maximum absolute atomic E-state index is 10.2. The van der Waals surface area contributed by atoms with Crippen LogP contribution in [0.25, 0.3) is 67.0 Å². The molecule has 0 radical (unpaired) electrons. The molecule has 0 amide bonds. The van der Waals surface area contributed by atoms with Crippen molar-refractivity contribution in [2.45, 2.75) is 128 Å². The van der Waals surface area contributed by atoms with Gasteiger partial charge < -0.3 is 4.42 Å². The van der Waals surface area contributed by atoms with E-state index in [1.165, 1.54) is 38.2 Å².